The molecule has 1 fully saturated rings. The second-order valence-electron chi connectivity index (χ2n) is 5.47. The smallest absolute Gasteiger partial charge is 0.157 e. The number of nitrogens with one attached hydrogen (secondary N) is 1. The third-order valence-electron chi connectivity index (χ3n) is 3.79. The normalized spacial score (nSPS) is 31.1. The minimum atomic E-state index is -0.686. The fourth-order valence-electron chi connectivity index (χ4n) is 2.63. The Labute approximate surface area is 117 Å². The molecule has 0 aromatic rings. The van der Waals surface area contributed by atoms with Crippen LogP contribution in [0.3, 0.4) is 0 Å². The molecule has 1 heterocycles. The number of aliphatic imine (C=N–C) groups is 1. The Morgan fingerprint density at radius 2 is 2.28 bits per heavy atom. The van der Waals surface area contributed by atoms with Crippen molar-refractivity contribution in [3.05, 3.63) is 0 Å². The highest BCUT2D eigenvalue weighted by atomic mass is 32.2. The van der Waals surface area contributed by atoms with E-state index >= 15 is 0 Å². The van der Waals surface area contributed by atoms with Gasteiger partial charge >= 0.3 is 0 Å². The van der Waals surface area contributed by atoms with Crippen molar-refractivity contribution in [3.63, 3.8) is 0 Å². The summed E-state index contributed by atoms with van der Waals surface area (Å²) in [5, 5.41) is 4.60. The van der Waals surface area contributed by atoms with Crippen LogP contribution in [0.2, 0.25) is 0 Å². The van der Waals surface area contributed by atoms with Gasteiger partial charge in [0.25, 0.3) is 0 Å². The van der Waals surface area contributed by atoms with Crippen molar-refractivity contribution in [1.29, 1.82) is 0 Å². The molecule has 0 radical (unpaired) electrons. The van der Waals surface area contributed by atoms with E-state index in [1.807, 2.05) is 11.8 Å². The topological polar surface area (TPSA) is 41.5 Å². The third kappa shape index (κ3) is 4.26. The van der Waals surface area contributed by atoms with E-state index in [-0.39, 0.29) is 0 Å². The van der Waals surface area contributed by atoms with Gasteiger partial charge in [0, 0.05) is 34.6 Å². The Bertz CT molecular complexity index is 333. The van der Waals surface area contributed by atoms with Crippen LogP contribution in [0.15, 0.2) is 4.99 Å². The summed E-state index contributed by atoms with van der Waals surface area (Å²) in [5.41, 5.74) is 0. The molecule has 5 heteroatoms. The Hall–Kier alpha value is -0.0300. The average molecular weight is 288 g/mol. The minimum Gasteiger partial charge on any atom is -0.362 e. The van der Waals surface area contributed by atoms with Gasteiger partial charge < -0.3 is 5.32 Å². The van der Waals surface area contributed by atoms with Crippen LogP contribution in [-0.4, -0.2) is 39.2 Å². The van der Waals surface area contributed by atoms with Crippen LogP contribution in [0.5, 0.6) is 0 Å². The Morgan fingerprint density at radius 1 is 1.50 bits per heavy atom. The van der Waals surface area contributed by atoms with Crippen LogP contribution in [-0.2, 0) is 10.8 Å². The van der Waals surface area contributed by atoms with Gasteiger partial charge in [-0.25, -0.2) is 0 Å². The maximum absolute atomic E-state index is 11.1. The summed E-state index contributed by atoms with van der Waals surface area (Å²) in [6.45, 7) is 2.16. The number of thioether (sulfide) groups is 1. The molecular weight excluding hydrogens is 264 g/mol. The van der Waals surface area contributed by atoms with E-state index in [2.05, 4.69) is 12.2 Å². The van der Waals surface area contributed by atoms with Crippen molar-refractivity contribution in [1.82, 2.24) is 5.32 Å². The van der Waals surface area contributed by atoms with Crippen molar-refractivity contribution < 1.29 is 4.21 Å². The first-order valence-corrected chi connectivity index (χ1v) is 9.63. The molecule has 2 rings (SSSR count). The lowest BCUT2D eigenvalue weighted by Crippen LogP contribution is -2.38. The molecule has 0 saturated heterocycles. The molecule has 0 bridgehead atoms. The second-order valence-corrected chi connectivity index (χ2v) is 8.03. The largest absolute Gasteiger partial charge is 0.362 e. The van der Waals surface area contributed by atoms with Crippen molar-refractivity contribution in [3.8, 4) is 0 Å². The van der Waals surface area contributed by atoms with Crippen LogP contribution in [0.25, 0.3) is 0 Å². The molecule has 4 unspecified atom stereocenters. The third-order valence-corrected chi connectivity index (χ3v) is 5.70. The number of hydrogen-bond acceptors (Lipinski definition) is 4. The highest BCUT2D eigenvalue weighted by molar-refractivity contribution is 8.13. The summed E-state index contributed by atoms with van der Waals surface area (Å²) >= 11 is 1.87. The molecule has 1 aliphatic heterocycles. The second kappa shape index (κ2) is 6.94. The first kappa shape index (κ1) is 14.4. The molecule has 0 aromatic heterocycles. The van der Waals surface area contributed by atoms with Crippen LogP contribution >= 0.6 is 11.8 Å². The van der Waals surface area contributed by atoms with E-state index in [9.17, 15) is 4.21 Å². The predicted octanol–water partition coefficient (Wildman–Crippen LogP) is 2.39. The molecule has 4 atom stereocenters. The van der Waals surface area contributed by atoms with Crippen LogP contribution in [0.1, 0.15) is 39.0 Å². The molecule has 104 valence electrons. The number of nitrogens with zero attached hydrogens (tertiary/aromatic N) is 1. The summed E-state index contributed by atoms with van der Waals surface area (Å²) < 4.78 is 11.1. The van der Waals surface area contributed by atoms with Crippen molar-refractivity contribution in [2.24, 2.45) is 10.9 Å². The quantitative estimate of drug-likeness (QED) is 0.863. The Morgan fingerprint density at radius 3 is 3.06 bits per heavy atom. The van der Waals surface area contributed by atoms with Gasteiger partial charge in [0.2, 0.25) is 0 Å². The standard InChI is InChI=1S/C13H24N2OS2/c1-10(7-8-18(2)16)14-13-15-12-6-4-3-5-11(12)9-17-13/h10-12H,3-9H2,1-2H3,(H,14,15). The van der Waals surface area contributed by atoms with Gasteiger partial charge in [-0.15, -0.1) is 0 Å². The van der Waals surface area contributed by atoms with Crippen molar-refractivity contribution in [2.75, 3.05) is 17.8 Å². The summed E-state index contributed by atoms with van der Waals surface area (Å²) in [5.74, 6) is 2.81. The van der Waals surface area contributed by atoms with Crippen LogP contribution < -0.4 is 5.32 Å². The summed E-state index contributed by atoms with van der Waals surface area (Å²) in [6.07, 6.45) is 8.08. The highest BCUT2D eigenvalue weighted by Gasteiger charge is 2.29. The molecule has 0 amide bonds. The van der Waals surface area contributed by atoms with Crippen LogP contribution in [0.4, 0.5) is 0 Å². The first-order chi connectivity index (χ1) is 8.65. The first-order valence-electron chi connectivity index (χ1n) is 6.92. The zero-order chi connectivity index (χ0) is 13.0. The molecule has 18 heavy (non-hydrogen) atoms. The van der Waals surface area contributed by atoms with E-state index < -0.39 is 10.8 Å². The molecule has 0 aromatic carbocycles. The molecule has 1 saturated carbocycles. The summed E-state index contributed by atoms with van der Waals surface area (Å²) in [6, 6.07) is 0.940. The molecule has 1 aliphatic carbocycles. The predicted molar refractivity (Wildman–Crippen MR) is 81.8 cm³/mol. The summed E-state index contributed by atoms with van der Waals surface area (Å²) in [7, 11) is -0.686. The van der Waals surface area contributed by atoms with Crippen LogP contribution in [0, 0.1) is 5.92 Å². The van der Waals surface area contributed by atoms with Gasteiger partial charge in [0.15, 0.2) is 5.17 Å². The van der Waals surface area contributed by atoms with Crippen molar-refractivity contribution >= 4 is 27.7 Å². The monoisotopic (exact) mass is 288 g/mol. The fourth-order valence-corrected chi connectivity index (χ4v) is 4.57. The molecule has 1 N–H and O–H groups in total. The van der Waals surface area contributed by atoms with E-state index in [4.69, 9.17) is 4.99 Å². The van der Waals surface area contributed by atoms with Gasteiger partial charge in [0.1, 0.15) is 0 Å². The maximum atomic E-state index is 11.1. The Kier molecular flexibility index (Phi) is 5.55. The van der Waals surface area contributed by atoms with Gasteiger partial charge in [-0.1, -0.05) is 24.6 Å². The highest BCUT2D eigenvalue weighted by Crippen LogP contribution is 2.33. The minimum absolute atomic E-state index is 0.375. The Balaban J connectivity index is 1.82. The number of fused-ring (bicyclic) bond motifs is 1. The maximum Gasteiger partial charge on any atom is 0.157 e. The summed E-state index contributed by atoms with van der Waals surface area (Å²) in [4.78, 5) is 4.86. The molecule has 0 spiro atoms. The number of hydrogen-bond donors (Lipinski definition) is 1. The number of amidine groups is 1. The molecule has 2 aliphatic rings. The van der Waals surface area contributed by atoms with E-state index in [0.29, 0.717) is 12.1 Å². The average Bonchev–Trinajstić information content (AvgIpc) is 2.36. The van der Waals surface area contributed by atoms with Gasteiger partial charge in [0.05, 0.1) is 6.04 Å². The van der Waals surface area contributed by atoms with Crippen molar-refractivity contribution in [2.45, 2.75) is 51.1 Å². The zero-order valence-electron chi connectivity index (χ0n) is 11.4. The number of rotatable bonds is 4. The van der Waals surface area contributed by atoms with Gasteiger partial charge in [-0.3, -0.25) is 9.20 Å². The van der Waals surface area contributed by atoms with E-state index in [1.54, 1.807) is 6.26 Å². The zero-order valence-corrected chi connectivity index (χ0v) is 13.0. The van der Waals surface area contributed by atoms with Gasteiger partial charge in [-0.05, 0) is 32.1 Å². The lowest BCUT2D eigenvalue weighted by atomic mass is 9.86. The molecular formula is C13H24N2OS2. The van der Waals surface area contributed by atoms with E-state index in [1.165, 1.54) is 31.4 Å². The van der Waals surface area contributed by atoms with Gasteiger partial charge in [-0.2, -0.15) is 0 Å². The lowest BCUT2D eigenvalue weighted by Gasteiger charge is -2.33. The van der Waals surface area contributed by atoms with E-state index in [0.717, 1.165) is 23.3 Å². The molecule has 3 nitrogen and oxygen atoms in total. The SMILES string of the molecule is CC(CCS(C)=O)NC1=NC2CCCCC2CS1. The fraction of sp³-hybridized carbons (Fsp3) is 0.923. The lowest BCUT2D eigenvalue weighted by molar-refractivity contribution is 0.335.